The van der Waals surface area contributed by atoms with Gasteiger partial charge in [0.25, 0.3) is 5.91 Å². The maximum atomic E-state index is 13.7. The first kappa shape index (κ1) is 22.8. The monoisotopic (exact) mass is 485 g/mol. The van der Waals surface area contributed by atoms with E-state index in [4.69, 9.17) is 17.0 Å². The minimum atomic E-state index is -0.262. The van der Waals surface area contributed by atoms with Crippen LogP contribution in [0.25, 0.3) is 17.0 Å². The Bertz CT molecular complexity index is 1460. The van der Waals surface area contributed by atoms with Crippen molar-refractivity contribution in [3.63, 3.8) is 0 Å². The number of fused-ring (bicyclic) bond motifs is 1. The van der Waals surface area contributed by atoms with Crippen LogP contribution in [0, 0.1) is 5.82 Å². The molecule has 1 amide bonds. The van der Waals surface area contributed by atoms with Crippen LogP contribution in [0.15, 0.2) is 84.7 Å². The second-order valence-electron chi connectivity index (χ2n) is 8.30. The normalized spacial score (nSPS) is 15.0. The van der Waals surface area contributed by atoms with Crippen molar-refractivity contribution in [2.75, 3.05) is 18.6 Å². The highest BCUT2D eigenvalue weighted by Crippen LogP contribution is 2.31. The second-order valence-corrected chi connectivity index (χ2v) is 8.66. The Morgan fingerprint density at radius 2 is 1.80 bits per heavy atom. The SMILES string of the molecule is CCOc1ccc(N2C(=O)/C(=C/c3cn(Cc4cccc(F)c4)c4ccccc34)N(C)C2=S)cc1. The average molecular weight is 486 g/mol. The van der Waals surface area contributed by atoms with Crippen LogP contribution in [0.3, 0.4) is 0 Å². The molecular weight excluding hydrogens is 461 g/mol. The number of amides is 1. The summed E-state index contributed by atoms with van der Waals surface area (Å²) < 4.78 is 21.3. The van der Waals surface area contributed by atoms with Crippen LogP contribution in [0.1, 0.15) is 18.1 Å². The molecule has 1 aliphatic heterocycles. The van der Waals surface area contributed by atoms with Gasteiger partial charge in [-0.05, 0) is 73.2 Å². The topological polar surface area (TPSA) is 37.7 Å². The van der Waals surface area contributed by atoms with Crippen LogP contribution in [0.2, 0.25) is 0 Å². The van der Waals surface area contributed by atoms with Crippen molar-refractivity contribution in [3.8, 4) is 5.75 Å². The van der Waals surface area contributed by atoms with E-state index in [0.717, 1.165) is 27.8 Å². The minimum Gasteiger partial charge on any atom is -0.494 e. The number of nitrogens with zero attached hydrogens (tertiary/aromatic N) is 3. The summed E-state index contributed by atoms with van der Waals surface area (Å²) in [6.45, 7) is 3.01. The van der Waals surface area contributed by atoms with E-state index in [2.05, 4.69) is 4.57 Å². The molecular formula is C28H24FN3O2S. The van der Waals surface area contributed by atoms with Gasteiger partial charge in [-0.2, -0.15) is 0 Å². The summed E-state index contributed by atoms with van der Waals surface area (Å²) in [5.74, 6) is 0.287. The molecule has 0 bridgehead atoms. The molecule has 176 valence electrons. The number of benzene rings is 3. The molecule has 0 atom stereocenters. The summed E-state index contributed by atoms with van der Waals surface area (Å²) in [7, 11) is 1.80. The van der Waals surface area contributed by atoms with Crippen molar-refractivity contribution >= 4 is 45.9 Å². The maximum absolute atomic E-state index is 13.7. The number of rotatable bonds is 6. The number of hydrogen-bond donors (Lipinski definition) is 0. The number of carbonyl (C=O) groups is 1. The minimum absolute atomic E-state index is 0.191. The van der Waals surface area contributed by atoms with Gasteiger partial charge in [-0.1, -0.05) is 30.3 Å². The molecule has 0 aliphatic carbocycles. The molecule has 0 saturated carbocycles. The Kier molecular flexibility index (Phi) is 6.09. The smallest absolute Gasteiger partial charge is 0.281 e. The van der Waals surface area contributed by atoms with Crippen molar-refractivity contribution in [1.82, 2.24) is 9.47 Å². The van der Waals surface area contributed by atoms with Gasteiger partial charge < -0.3 is 14.2 Å². The molecule has 1 aliphatic rings. The van der Waals surface area contributed by atoms with Gasteiger partial charge in [0.05, 0.1) is 12.3 Å². The largest absolute Gasteiger partial charge is 0.494 e. The van der Waals surface area contributed by atoms with Gasteiger partial charge in [-0.3, -0.25) is 9.69 Å². The van der Waals surface area contributed by atoms with E-state index >= 15 is 0 Å². The van der Waals surface area contributed by atoms with E-state index in [1.165, 1.54) is 17.0 Å². The number of likely N-dealkylation sites (N-methyl/N-ethyl adjacent to an activating group) is 1. The van der Waals surface area contributed by atoms with Crippen LogP contribution in [-0.2, 0) is 11.3 Å². The van der Waals surface area contributed by atoms with Crippen LogP contribution in [-0.4, -0.2) is 34.1 Å². The van der Waals surface area contributed by atoms with Crippen molar-refractivity contribution in [1.29, 1.82) is 0 Å². The third-order valence-electron chi connectivity index (χ3n) is 6.02. The quantitative estimate of drug-likeness (QED) is 0.254. The van der Waals surface area contributed by atoms with Gasteiger partial charge >= 0.3 is 0 Å². The number of para-hydroxylation sites is 1. The molecule has 3 aromatic carbocycles. The highest BCUT2D eigenvalue weighted by atomic mass is 32.1. The third kappa shape index (κ3) is 4.31. The fourth-order valence-electron chi connectivity index (χ4n) is 4.34. The molecule has 2 heterocycles. The Balaban J connectivity index is 1.51. The fourth-order valence-corrected chi connectivity index (χ4v) is 4.63. The first-order valence-electron chi connectivity index (χ1n) is 11.4. The molecule has 0 N–H and O–H groups in total. The van der Waals surface area contributed by atoms with Gasteiger partial charge in [0.1, 0.15) is 17.3 Å². The first-order chi connectivity index (χ1) is 17.0. The Labute approximate surface area is 208 Å². The van der Waals surface area contributed by atoms with Crippen molar-refractivity contribution < 1.29 is 13.9 Å². The summed E-state index contributed by atoms with van der Waals surface area (Å²) in [4.78, 5) is 16.7. The van der Waals surface area contributed by atoms with Crippen LogP contribution < -0.4 is 9.64 Å². The summed E-state index contributed by atoms with van der Waals surface area (Å²) >= 11 is 5.62. The number of anilines is 1. The molecule has 5 nitrogen and oxygen atoms in total. The summed E-state index contributed by atoms with van der Waals surface area (Å²) in [5, 5.41) is 1.41. The number of thiocarbonyl (C=S) groups is 1. The summed E-state index contributed by atoms with van der Waals surface area (Å²) in [5.41, 5.74) is 3.93. The number of ether oxygens (including phenoxy) is 1. The van der Waals surface area contributed by atoms with Crippen molar-refractivity contribution in [3.05, 3.63) is 102 Å². The molecule has 1 fully saturated rings. The summed E-state index contributed by atoms with van der Waals surface area (Å²) in [6, 6.07) is 21.9. The first-order valence-corrected chi connectivity index (χ1v) is 11.8. The third-order valence-corrected chi connectivity index (χ3v) is 6.48. The van der Waals surface area contributed by atoms with Crippen molar-refractivity contribution in [2.45, 2.75) is 13.5 Å². The Morgan fingerprint density at radius 3 is 2.54 bits per heavy atom. The molecule has 5 rings (SSSR count). The molecule has 4 aromatic rings. The number of aromatic nitrogens is 1. The zero-order valence-electron chi connectivity index (χ0n) is 19.4. The molecule has 1 aromatic heterocycles. The Hall–Kier alpha value is -3.97. The lowest BCUT2D eigenvalue weighted by Crippen LogP contribution is -2.31. The van der Waals surface area contributed by atoms with Crippen LogP contribution >= 0.6 is 12.2 Å². The molecule has 0 spiro atoms. The van der Waals surface area contributed by atoms with E-state index in [-0.39, 0.29) is 11.7 Å². The van der Waals surface area contributed by atoms with Gasteiger partial charge in [0.2, 0.25) is 0 Å². The standard InChI is InChI=1S/C28H24FN3O2S/c1-3-34-23-13-11-22(12-14-23)32-27(33)26(30(2)28(32)35)16-20-18-31(25-10-5-4-9-24(20)25)17-19-7-6-8-21(29)15-19/h4-16,18H,3,17H2,1-2H3/b26-16-. The zero-order valence-corrected chi connectivity index (χ0v) is 20.3. The van der Waals surface area contributed by atoms with E-state index in [1.807, 2.05) is 73.8 Å². The van der Waals surface area contributed by atoms with Gasteiger partial charge in [0.15, 0.2) is 5.11 Å². The maximum Gasteiger partial charge on any atom is 0.281 e. The molecule has 0 radical (unpaired) electrons. The van der Waals surface area contributed by atoms with Gasteiger partial charge in [0, 0.05) is 36.3 Å². The number of halogens is 1. The molecule has 0 unspecified atom stereocenters. The van der Waals surface area contributed by atoms with E-state index in [9.17, 15) is 9.18 Å². The Morgan fingerprint density at radius 1 is 1.03 bits per heavy atom. The van der Waals surface area contributed by atoms with Gasteiger partial charge in [-0.25, -0.2) is 4.39 Å². The van der Waals surface area contributed by atoms with Crippen molar-refractivity contribution in [2.24, 2.45) is 0 Å². The van der Waals surface area contributed by atoms with Crippen LogP contribution in [0.5, 0.6) is 5.75 Å². The fraction of sp³-hybridized carbons (Fsp3) is 0.143. The molecule has 1 saturated heterocycles. The molecule has 35 heavy (non-hydrogen) atoms. The van der Waals surface area contributed by atoms with E-state index in [0.29, 0.717) is 29.6 Å². The lowest BCUT2D eigenvalue weighted by atomic mass is 10.1. The highest BCUT2D eigenvalue weighted by Gasteiger charge is 2.37. The highest BCUT2D eigenvalue weighted by molar-refractivity contribution is 7.80. The van der Waals surface area contributed by atoms with Gasteiger partial charge in [-0.15, -0.1) is 0 Å². The summed E-state index contributed by atoms with van der Waals surface area (Å²) in [6.07, 6.45) is 3.86. The van der Waals surface area contributed by atoms with E-state index in [1.54, 1.807) is 18.0 Å². The second kappa shape index (κ2) is 9.35. The van der Waals surface area contributed by atoms with E-state index < -0.39 is 0 Å². The molecule has 7 heteroatoms. The van der Waals surface area contributed by atoms with Crippen LogP contribution in [0.4, 0.5) is 10.1 Å². The lowest BCUT2D eigenvalue weighted by Gasteiger charge is -2.16. The number of carbonyl (C=O) groups excluding carboxylic acids is 1. The average Bonchev–Trinajstić information content (AvgIpc) is 3.30. The number of hydrogen-bond acceptors (Lipinski definition) is 3. The predicted octanol–water partition coefficient (Wildman–Crippen LogP) is 5.83. The zero-order chi connectivity index (χ0) is 24.5. The lowest BCUT2D eigenvalue weighted by molar-refractivity contribution is -0.114. The predicted molar refractivity (Wildman–Crippen MR) is 141 cm³/mol.